The van der Waals surface area contributed by atoms with Crippen LogP contribution in [0.4, 0.5) is 4.39 Å². The molecule has 0 aliphatic rings. The second-order valence-corrected chi connectivity index (χ2v) is 6.59. The minimum Gasteiger partial charge on any atom is -0.496 e. The Labute approximate surface area is 172 Å². The number of aryl methyl sites for hydroxylation is 1. The second kappa shape index (κ2) is 10.5. The first-order valence-corrected chi connectivity index (χ1v) is 9.53. The van der Waals surface area contributed by atoms with Crippen molar-refractivity contribution in [1.29, 1.82) is 0 Å². The first kappa shape index (κ1) is 22.3. The van der Waals surface area contributed by atoms with Gasteiger partial charge in [0.05, 0.1) is 33.9 Å². The van der Waals surface area contributed by atoms with Crippen molar-refractivity contribution >= 4 is 5.96 Å². The maximum Gasteiger partial charge on any atom is 0.192 e. The minimum absolute atomic E-state index is 0.116. The summed E-state index contributed by atoms with van der Waals surface area (Å²) in [6, 6.07) is 8.76. The number of guanidine groups is 1. The van der Waals surface area contributed by atoms with Gasteiger partial charge in [-0.2, -0.15) is 0 Å². The highest BCUT2D eigenvalue weighted by molar-refractivity contribution is 5.80. The Hall–Kier alpha value is -2.96. The molecular formula is C22H30FN3O3. The molecule has 0 heterocycles. The van der Waals surface area contributed by atoms with Crippen LogP contribution in [0.5, 0.6) is 17.2 Å². The summed E-state index contributed by atoms with van der Waals surface area (Å²) in [4.78, 5) is 4.65. The molecule has 1 atom stereocenters. The molecule has 0 aliphatic heterocycles. The lowest BCUT2D eigenvalue weighted by atomic mass is 10.1. The zero-order chi connectivity index (χ0) is 21.4. The van der Waals surface area contributed by atoms with Gasteiger partial charge in [0.15, 0.2) is 17.5 Å². The van der Waals surface area contributed by atoms with Crippen molar-refractivity contribution in [3.8, 4) is 17.2 Å². The summed E-state index contributed by atoms with van der Waals surface area (Å²) in [6.07, 6.45) is 0. The number of hydrogen-bond donors (Lipinski definition) is 2. The third kappa shape index (κ3) is 5.76. The predicted octanol–water partition coefficient (Wildman–Crippen LogP) is 3.98. The Morgan fingerprint density at radius 1 is 1.03 bits per heavy atom. The average Bonchev–Trinajstić information content (AvgIpc) is 2.73. The molecule has 0 bridgehead atoms. The van der Waals surface area contributed by atoms with E-state index in [9.17, 15) is 4.39 Å². The lowest BCUT2D eigenvalue weighted by Gasteiger charge is -2.19. The molecule has 0 saturated heterocycles. The molecule has 2 aromatic carbocycles. The van der Waals surface area contributed by atoms with Crippen LogP contribution < -0.4 is 24.8 Å². The maximum atomic E-state index is 13.9. The number of methoxy groups -OCH3 is 3. The topological polar surface area (TPSA) is 64.1 Å². The number of aliphatic imine (C=N–C) groups is 1. The Kier molecular flexibility index (Phi) is 8.12. The fourth-order valence-corrected chi connectivity index (χ4v) is 2.87. The summed E-state index contributed by atoms with van der Waals surface area (Å²) in [5, 5.41) is 6.53. The first-order chi connectivity index (χ1) is 13.9. The molecule has 0 fully saturated rings. The second-order valence-electron chi connectivity index (χ2n) is 6.59. The molecule has 0 saturated carbocycles. The highest BCUT2D eigenvalue weighted by Crippen LogP contribution is 2.34. The minimum atomic E-state index is -0.215. The SMILES string of the molecule is CCNC(=NCc1cc(OC)c(OC)cc1OC)NC(C)c1ccc(C)c(F)c1. The van der Waals surface area contributed by atoms with E-state index in [2.05, 4.69) is 15.6 Å². The van der Waals surface area contributed by atoms with Crippen LogP contribution in [0, 0.1) is 12.7 Å². The average molecular weight is 403 g/mol. The molecule has 0 radical (unpaired) electrons. The van der Waals surface area contributed by atoms with E-state index < -0.39 is 0 Å². The van der Waals surface area contributed by atoms with Crippen molar-refractivity contribution in [3.05, 3.63) is 52.8 Å². The number of nitrogens with one attached hydrogen (secondary N) is 2. The van der Waals surface area contributed by atoms with Crippen molar-refractivity contribution in [2.75, 3.05) is 27.9 Å². The summed E-state index contributed by atoms with van der Waals surface area (Å²) in [6.45, 7) is 6.77. The molecule has 0 amide bonds. The molecule has 0 spiro atoms. The van der Waals surface area contributed by atoms with Gasteiger partial charge < -0.3 is 24.8 Å². The van der Waals surface area contributed by atoms with Crippen LogP contribution in [0.3, 0.4) is 0 Å². The lowest BCUT2D eigenvalue weighted by molar-refractivity contribution is 0.347. The molecule has 29 heavy (non-hydrogen) atoms. The van der Waals surface area contributed by atoms with Crippen LogP contribution in [0.1, 0.15) is 36.6 Å². The number of benzene rings is 2. The fourth-order valence-electron chi connectivity index (χ4n) is 2.87. The molecule has 7 heteroatoms. The van der Waals surface area contributed by atoms with Crippen molar-refractivity contribution in [2.45, 2.75) is 33.4 Å². The predicted molar refractivity (Wildman–Crippen MR) is 114 cm³/mol. The van der Waals surface area contributed by atoms with Crippen molar-refractivity contribution < 1.29 is 18.6 Å². The fraction of sp³-hybridized carbons (Fsp3) is 0.409. The summed E-state index contributed by atoms with van der Waals surface area (Å²) >= 11 is 0. The van der Waals surface area contributed by atoms with E-state index in [1.807, 2.05) is 26.0 Å². The third-order valence-corrected chi connectivity index (χ3v) is 4.59. The standard InChI is InChI=1S/C22H30FN3O3/c1-7-24-22(26-15(3)16-9-8-14(2)18(23)10-16)25-13-17-11-20(28-5)21(29-6)12-19(17)27-4/h8-12,15H,7,13H2,1-6H3,(H2,24,25,26). The molecule has 0 aromatic heterocycles. The van der Waals surface area contributed by atoms with Gasteiger partial charge in [-0.15, -0.1) is 0 Å². The normalized spacial score (nSPS) is 12.3. The number of hydrogen-bond acceptors (Lipinski definition) is 4. The van der Waals surface area contributed by atoms with E-state index in [0.717, 1.165) is 11.1 Å². The summed E-state index contributed by atoms with van der Waals surface area (Å²) in [5.74, 6) is 2.28. The number of nitrogens with zero attached hydrogens (tertiary/aromatic N) is 1. The molecule has 2 aromatic rings. The zero-order valence-corrected chi connectivity index (χ0v) is 17.9. The van der Waals surface area contributed by atoms with Gasteiger partial charge in [0.1, 0.15) is 11.6 Å². The van der Waals surface area contributed by atoms with Crippen molar-refractivity contribution in [3.63, 3.8) is 0 Å². The number of halogens is 1. The molecular weight excluding hydrogens is 373 g/mol. The van der Waals surface area contributed by atoms with Gasteiger partial charge >= 0.3 is 0 Å². The summed E-state index contributed by atoms with van der Waals surface area (Å²) in [5.41, 5.74) is 2.33. The van der Waals surface area contributed by atoms with Crippen molar-refractivity contribution in [1.82, 2.24) is 10.6 Å². The molecule has 0 aliphatic carbocycles. The van der Waals surface area contributed by atoms with E-state index in [4.69, 9.17) is 14.2 Å². The summed E-state index contributed by atoms with van der Waals surface area (Å²) in [7, 11) is 4.77. The van der Waals surface area contributed by atoms with Gasteiger partial charge in [0.25, 0.3) is 0 Å². The van der Waals surface area contributed by atoms with E-state index in [0.29, 0.717) is 41.9 Å². The van der Waals surface area contributed by atoms with E-state index in [1.54, 1.807) is 46.5 Å². The van der Waals surface area contributed by atoms with Gasteiger partial charge in [-0.1, -0.05) is 12.1 Å². The van der Waals surface area contributed by atoms with Gasteiger partial charge in [-0.25, -0.2) is 9.38 Å². The van der Waals surface area contributed by atoms with Crippen LogP contribution in [-0.4, -0.2) is 33.8 Å². The Balaban J connectivity index is 2.23. The molecule has 2 N–H and O–H groups in total. The largest absolute Gasteiger partial charge is 0.496 e. The molecule has 158 valence electrons. The van der Waals surface area contributed by atoms with Crippen LogP contribution in [0.15, 0.2) is 35.3 Å². The monoisotopic (exact) mass is 403 g/mol. The van der Waals surface area contributed by atoms with Crippen LogP contribution in [0.2, 0.25) is 0 Å². The van der Waals surface area contributed by atoms with Crippen LogP contribution in [0.25, 0.3) is 0 Å². The van der Waals surface area contributed by atoms with Crippen LogP contribution >= 0.6 is 0 Å². The number of rotatable bonds is 8. The van der Waals surface area contributed by atoms with E-state index in [-0.39, 0.29) is 11.9 Å². The van der Waals surface area contributed by atoms with Gasteiger partial charge in [0.2, 0.25) is 0 Å². The molecule has 1 unspecified atom stereocenters. The van der Waals surface area contributed by atoms with Gasteiger partial charge in [-0.05, 0) is 44.0 Å². The highest BCUT2D eigenvalue weighted by atomic mass is 19.1. The van der Waals surface area contributed by atoms with Crippen LogP contribution in [-0.2, 0) is 6.54 Å². The first-order valence-electron chi connectivity index (χ1n) is 9.53. The van der Waals surface area contributed by atoms with Crippen molar-refractivity contribution in [2.24, 2.45) is 4.99 Å². The molecule has 2 rings (SSSR count). The summed E-state index contributed by atoms with van der Waals surface area (Å²) < 4.78 is 30.1. The quantitative estimate of drug-likeness (QED) is 0.516. The van der Waals surface area contributed by atoms with Gasteiger partial charge in [-0.3, -0.25) is 0 Å². The highest BCUT2D eigenvalue weighted by Gasteiger charge is 2.13. The number of ether oxygens (including phenoxy) is 3. The maximum absolute atomic E-state index is 13.9. The zero-order valence-electron chi connectivity index (χ0n) is 17.9. The van der Waals surface area contributed by atoms with E-state index >= 15 is 0 Å². The van der Waals surface area contributed by atoms with E-state index in [1.165, 1.54) is 0 Å². The van der Waals surface area contributed by atoms with Gasteiger partial charge in [0, 0.05) is 18.2 Å². The Morgan fingerprint density at radius 2 is 1.69 bits per heavy atom. The molecule has 6 nitrogen and oxygen atoms in total. The lowest BCUT2D eigenvalue weighted by Crippen LogP contribution is -2.38. The Morgan fingerprint density at radius 3 is 2.28 bits per heavy atom. The smallest absolute Gasteiger partial charge is 0.192 e. The Bertz CT molecular complexity index is 855. The third-order valence-electron chi connectivity index (χ3n) is 4.59.